The highest BCUT2D eigenvalue weighted by Gasteiger charge is 2.46. The van der Waals surface area contributed by atoms with E-state index in [2.05, 4.69) is 26.2 Å². The average molecular weight is 414 g/mol. The lowest BCUT2D eigenvalue weighted by Crippen LogP contribution is -2.44. The number of benzene rings is 1. The first kappa shape index (κ1) is 17.3. The van der Waals surface area contributed by atoms with E-state index in [1.54, 1.807) is 24.3 Å². The number of fused-ring (bicyclic) bond motifs is 1. The van der Waals surface area contributed by atoms with Gasteiger partial charge in [-0.3, -0.25) is 9.78 Å². The van der Waals surface area contributed by atoms with Crippen LogP contribution in [0.2, 0.25) is 5.02 Å². The van der Waals surface area contributed by atoms with Gasteiger partial charge in [0, 0.05) is 27.8 Å². The zero-order valence-corrected chi connectivity index (χ0v) is 14.9. The Morgan fingerprint density at radius 2 is 2.29 bits per heavy atom. The molecule has 0 radical (unpaired) electrons. The van der Waals surface area contributed by atoms with Crippen molar-refractivity contribution in [2.75, 3.05) is 0 Å². The molecule has 2 N–H and O–H groups in total. The van der Waals surface area contributed by atoms with Crippen molar-refractivity contribution in [1.29, 1.82) is 0 Å². The van der Waals surface area contributed by atoms with E-state index in [1.165, 1.54) is 12.3 Å². The molecule has 126 valence electrons. The topological polar surface area (TPSA) is 62.2 Å². The summed E-state index contributed by atoms with van der Waals surface area (Å²) in [6, 6.07) is 8.33. The second kappa shape index (κ2) is 6.78. The van der Waals surface area contributed by atoms with Gasteiger partial charge in [0.25, 0.3) is 5.91 Å². The van der Waals surface area contributed by atoms with E-state index >= 15 is 4.39 Å². The van der Waals surface area contributed by atoms with Crippen molar-refractivity contribution < 1.29 is 14.3 Å². The van der Waals surface area contributed by atoms with Crippen LogP contribution in [0.1, 0.15) is 35.8 Å². The number of pyridine rings is 1. The third-order valence-electron chi connectivity index (χ3n) is 4.16. The average Bonchev–Trinajstić information content (AvgIpc) is 2.57. The first-order chi connectivity index (χ1) is 11.4. The van der Waals surface area contributed by atoms with Crippen LogP contribution in [0.15, 0.2) is 41.0 Å². The fraction of sp³-hybridized carbons (Fsp3) is 0.294. The summed E-state index contributed by atoms with van der Waals surface area (Å²) < 4.78 is 16.2. The molecule has 2 atom stereocenters. The summed E-state index contributed by atoms with van der Waals surface area (Å²) in [7, 11) is 0. The summed E-state index contributed by atoms with van der Waals surface area (Å²) in [6.45, 7) is 0.120. The molecule has 0 fully saturated rings. The van der Waals surface area contributed by atoms with E-state index in [9.17, 15) is 9.90 Å². The van der Waals surface area contributed by atoms with Gasteiger partial charge in [-0.05, 0) is 36.6 Å². The standard InChI is InChI=1S/C17H15BrClFN2O2/c18-11-4-3-10(13(19)8-11)9-22-16(24)17(20)6-5-14(23)15-12(17)2-1-7-21-15/h1-4,7-8,14,23H,5-6,9H2,(H,22,24)/t14-,17+/m1/s1. The minimum absolute atomic E-state index is 0.0905. The summed E-state index contributed by atoms with van der Waals surface area (Å²) >= 11 is 9.42. The molecule has 3 rings (SSSR count). The van der Waals surface area contributed by atoms with Gasteiger partial charge in [0.1, 0.15) is 0 Å². The fourth-order valence-electron chi connectivity index (χ4n) is 2.84. The number of amides is 1. The summed E-state index contributed by atoms with van der Waals surface area (Å²) in [5, 5.41) is 13.0. The van der Waals surface area contributed by atoms with Gasteiger partial charge in [-0.25, -0.2) is 4.39 Å². The molecule has 4 nitrogen and oxygen atoms in total. The van der Waals surface area contributed by atoms with Crippen molar-refractivity contribution in [2.45, 2.75) is 31.2 Å². The summed E-state index contributed by atoms with van der Waals surface area (Å²) in [4.78, 5) is 16.5. The molecule has 1 aromatic carbocycles. The molecule has 0 spiro atoms. The lowest BCUT2D eigenvalue weighted by molar-refractivity contribution is -0.135. The molecule has 0 saturated heterocycles. The Labute approximate surface area is 152 Å². The summed E-state index contributed by atoms with van der Waals surface area (Å²) in [5.74, 6) is -0.748. The van der Waals surface area contributed by atoms with Crippen molar-refractivity contribution in [3.8, 4) is 0 Å². The Hall–Kier alpha value is -1.50. The van der Waals surface area contributed by atoms with E-state index in [0.717, 1.165) is 4.47 Å². The number of hydrogen-bond acceptors (Lipinski definition) is 3. The Balaban J connectivity index is 1.81. The molecule has 2 aromatic rings. The highest BCUT2D eigenvalue weighted by molar-refractivity contribution is 9.10. The SMILES string of the molecule is O=C(NCc1ccc(Br)cc1Cl)[C@]1(F)CC[C@@H](O)c2ncccc21. The number of aliphatic hydroxyl groups excluding tert-OH is 1. The summed E-state index contributed by atoms with van der Waals surface area (Å²) in [6.07, 6.45) is 0.686. The van der Waals surface area contributed by atoms with Crippen LogP contribution in [0.3, 0.4) is 0 Å². The number of carbonyl (C=O) groups is 1. The molecule has 7 heteroatoms. The maximum Gasteiger partial charge on any atom is 0.262 e. The molecule has 1 amide bonds. The molecule has 1 aliphatic rings. The molecule has 1 aromatic heterocycles. The summed E-state index contributed by atoms with van der Waals surface area (Å²) in [5.41, 5.74) is -1.16. The van der Waals surface area contributed by atoms with Gasteiger partial charge in [-0.1, -0.05) is 39.7 Å². The van der Waals surface area contributed by atoms with Crippen LogP contribution in [0, 0.1) is 0 Å². The molecular weight excluding hydrogens is 399 g/mol. The second-order valence-corrected chi connectivity index (χ2v) is 7.03. The quantitative estimate of drug-likeness (QED) is 0.804. The third-order valence-corrected chi connectivity index (χ3v) is 5.00. The molecule has 0 bridgehead atoms. The van der Waals surface area contributed by atoms with Gasteiger partial charge >= 0.3 is 0 Å². The zero-order valence-electron chi connectivity index (χ0n) is 12.6. The van der Waals surface area contributed by atoms with Gasteiger partial charge in [-0.15, -0.1) is 0 Å². The van der Waals surface area contributed by atoms with Crippen LogP contribution in [-0.2, 0) is 17.0 Å². The van der Waals surface area contributed by atoms with Crippen molar-refractivity contribution in [1.82, 2.24) is 10.3 Å². The van der Waals surface area contributed by atoms with Crippen LogP contribution in [-0.4, -0.2) is 16.0 Å². The van der Waals surface area contributed by atoms with Crippen molar-refractivity contribution >= 4 is 33.4 Å². The van der Waals surface area contributed by atoms with Crippen LogP contribution in [0.25, 0.3) is 0 Å². The van der Waals surface area contributed by atoms with E-state index in [0.29, 0.717) is 10.6 Å². The highest BCUT2D eigenvalue weighted by Crippen LogP contribution is 2.42. The number of aromatic nitrogens is 1. The van der Waals surface area contributed by atoms with E-state index < -0.39 is 17.7 Å². The zero-order chi connectivity index (χ0) is 17.3. The first-order valence-corrected chi connectivity index (χ1v) is 8.63. The van der Waals surface area contributed by atoms with E-state index in [1.807, 2.05) is 0 Å². The minimum atomic E-state index is -2.20. The van der Waals surface area contributed by atoms with Gasteiger partial charge < -0.3 is 10.4 Å². The van der Waals surface area contributed by atoms with Crippen LogP contribution >= 0.6 is 27.5 Å². The van der Waals surface area contributed by atoms with Gasteiger partial charge in [0.2, 0.25) is 5.67 Å². The highest BCUT2D eigenvalue weighted by atomic mass is 79.9. The number of hydrogen-bond donors (Lipinski definition) is 2. The molecule has 0 aliphatic heterocycles. The number of nitrogens with one attached hydrogen (secondary N) is 1. The fourth-order valence-corrected chi connectivity index (χ4v) is 3.58. The number of nitrogens with zero attached hydrogens (tertiary/aromatic N) is 1. The smallest absolute Gasteiger partial charge is 0.262 e. The van der Waals surface area contributed by atoms with Gasteiger partial charge in [-0.2, -0.15) is 0 Å². The Kier molecular flexibility index (Phi) is 4.90. The normalized spacial score (nSPS) is 22.8. The van der Waals surface area contributed by atoms with Crippen molar-refractivity contribution in [2.24, 2.45) is 0 Å². The predicted molar refractivity (Wildman–Crippen MR) is 92.2 cm³/mol. The molecule has 1 heterocycles. The number of aliphatic hydroxyl groups is 1. The number of carbonyl (C=O) groups excluding carboxylic acids is 1. The maximum atomic E-state index is 15.4. The Morgan fingerprint density at radius 3 is 3.04 bits per heavy atom. The van der Waals surface area contributed by atoms with Gasteiger partial charge in [0.05, 0.1) is 11.8 Å². The Bertz CT molecular complexity index is 789. The molecule has 24 heavy (non-hydrogen) atoms. The van der Waals surface area contributed by atoms with Crippen LogP contribution in [0.5, 0.6) is 0 Å². The van der Waals surface area contributed by atoms with E-state index in [-0.39, 0.29) is 30.6 Å². The molecular formula is C17H15BrClFN2O2. The van der Waals surface area contributed by atoms with Crippen molar-refractivity contribution in [3.63, 3.8) is 0 Å². The van der Waals surface area contributed by atoms with Crippen LogP contribution in [0.4, 0.5) is 4.39 Å². The van der Waals surface area contributed by atoms with Crippen molar-refractivity contribution in [3.05, 3.63) is 62.8 Å². The lowest BCUT2D eigenvalue weighted by atomic mass is 9.81. The van der Waals surface area contributed by atoms with Crippen LogP contribution < -0.4 is 5.32 Å². The third kappa shape index (κ3) is 3.18. The Morgan fingerprint density at radius 1 is 1.50 bits per heavy atom. The number of halogens is 3. The molecule has 1 aliphatic carbocycles. The predicted octanol–water partition coefficient (Wildman–Crippen LogP) is 3.81. The van der Waals surface area contributed by atoms with E-state index in [4.69, 9.17) is 11.6 Å². The first-order valence-electron chi connectivity index (χ1n) is 7.46. The molecule has 0 saturated carbocycles. The number of alkyl halides is 1. The maximum absolute atomic E-state index is 15.4. The van der Waals surface area contributed by atoms with Gasteiger partial charge in [0.15, 0.2) is 0 Å². The molecule has 0 unspecified atom stereocenters. The lowest BCUT2D eigenvalue weighted by Gasteiger charge is -2.32. The monoisotopic (exact) mass is 412 g/mol. The minimum Gasteiger partial charge on any atom is -0.387 e. The second-order valence-electron chi connectivity index (χ2n) is 5.71. The largest absolute Gasteiger partial charge is 0.387 e. The number of rotatable bonds is 3.